The normalized spacial score (nSPS) is 10.4. The topological polar surface area (TPSA) is 46.5 Å². The first-order valence-electron chi connectivity index (χ1n) is 5.91. The molecule has 3 nitrogen and oxygen atoms in total. The second-order valence-electron chi connectivity index (χ2n) is 3.98. The van der Waals surface area contributed by atoms with Crippen LogP contribution in [0, 0.1) is 7.14 Å². The Kier molecular flexibility index (Phi) is 7.28. The monoisotopic (exact) mass is 474 g/mol. The third-order valence-electron chi connectivity index (χ3n) is 2.48. The minimum absolute atomic E-state index is 0.252. The van der Waals surface area contributed by atoms with Gasteiger partial charge in [-0.2, -0.15) is 0 Å². The van der Waals surface area contributed by atoms with Gasteiger partial charge in [0.2, 0.25) is 0 Å². The molecule has 0 aliphatic heterocycles. The van der Waals surface area contributed by atoms with Crippen LogP contribution in [0.2, 0.25) is 0 Å². The molecule has 0 fully saturated rings. The summed E-state index contributed by atoms with van der Waals surface area (Å²) in [5, 5.41) is 9.17. The maximum Gasteiger partial charge on any atom is 0.339 e. The van der Waals surface area contributed by atoms with E-state index in [1.807, 2.05) is 6.07 Å². The summed E-state index contributed by atoms with van der Waals surface area (Å²) in [4.78, 5) is 11.2. The zero-order chi connectivity index (χ0) is 13.5. The largest absolute Gasteiger partial charge is 0.492 e. The van der Waals surface area contributed by atoms with Gasteiger partial charge in [-0.25, -0.2) is 4.79 Å². The van der Waals surface area contributed by atoms with Crippen LogP contribution in [0.25, 0.3) is 0 Å². The third-order valence-corrected chi connectivity index (χ3v) is 3.91. The van der Waals surface area contributed by atoms with Gasteiger partial charge in [-0.1, -0.05) is 26.2 Å². The third kappa shape index (κ3) is 4.91. The van der Waals surface area contributed by atoms with Gasteiger partial charge in [0.15, 0.2) is 0 Å². The molecule has 0 heterocycles. The van der Waals surface area contributed by atoms with E-state index >= 15 is 0 Å². The molecule has 0 amide bonds. The molecule has 0 unspecified atom stereocenters. The highest BCUT2D eigenvalue weighted by atomic mass is 127. The van der Waals surface area contributed by atoms with Crippen LogP contribution in [0.1, 0.15) is 43.0 Å². The maximum absolute atomic E-state index is 11.2. The molecular formula is C13H16I2O3. The van der Waals surface area contributed by atoms with Crippen molar-refractivity contribution >= 4 is 51.2 Å². The van der Waals surface area contributed by atoms with E-state index in [1.165, 1.54) is 12.8 Å². The van der Waals surface area contributed by atoms with Gasteiger partial charge in [-0.05, 0) is 63.7 Å². The van der Waals surface area contributed by atoms with Crippen molar-refractivity contribution in [2.75, 3.05) is 6.61 Å². The number of rotatable bonds is 7. The predicted molar refractivity (Wildman–Crippen MR) is 88.5 cm³/mol. The minimum atomic E-state index is -0.935. The molecule has 0 atom stereocenters. The molecule has 0 aromatic heterocycles. The van der Waals surface area contributed by atoms with E-state index < -0.39 is 5.97 Å². The molecule has 0 bridgehead atoms. The summed E-state index contributed by atoms with van der Waals surface area (Å²) in [6, 6.07) is 3.57. The summed E-state index contributed by atoms with van der Waals surface area (Å²) in [5.74, 6) is -0.435. The van der Waals surface area contributed by atoms with Gasteiger partial charge < -0.3 is 9.84 Å². The number of carboxylic acids is 1. The summed E-state index contributed by atoms with van der Waals surface area (Å²) < 4.78 is 7.40. The van der Waals surface area contributed by atoms with Crippen LogP contribution in [0.5, 0.6) is 5.75 Å². The number of halogens is 2. The van der Waals surface area contributed by atoms with Gasteiger partial charge in [0.25, 0.3) is 0 Å². The van der Waals surface area contributed by atoms with E-state index in [2.05, 4.69) is 52.1 Å². The molecule has 1 aromatic carbocycles. The van der Waals surface area contributed by atoms with Crippen molar-refractivity contribution in [3.63, 3.8) is 0 Å². The Hall–Kier alpha value is -0.0500. The zero-order valence-electron chi connectivity index (χ0n) is 10.2. The molecule has 1 N–H and O–H groups in total. The highest BCUT2D eigenvalue weighted by Gasteiger charge is 2.15. The van der Waals surface area contributed by atoms with Gasteiger partial charge in [-0.3, -0.25) is 0 Å². The lowest BCUT2D eigenvalue weighted by Crippen LogP contribution is -2.07. The molecule has 0 aliphatic rings. The van der Waals surface area contributed by atoms with E-state index in [4.69, 9.17) is 9.84 Å². The average molecular weight is 474 g/mol. The lowest BCUT2D eigenvalue weighted by atomic mass is 10.2. The maximum atomic E-state index is 11.2. The summed E-state index contributed by atoms with van der Waals surface area (Å²) >= 11 is 4.23. The minimum Gasteiger partial charge on any atom is -0.492 e. The summed E-state index contributed by atoms with van der Waals surface area (Å²) in [5.41, 5.74) is 0.252. The van der Waals surface area contributed by atoms with E-state index in [9.17, 15) is 4.79 Å². The van der Waals surface area contributed by atoms with Crippen molar-refractivity contribution in [3.8, 4) is 5.75 Å². The summed E-state index contributed by atoms with van der Waals surface area (Å²) in [6.45, 7) is 2.74. The first-order chi connectivity index (χ1) is 8.56. The van der Waals surface area contributed by atoms with Crippen LogP contribution < -0.4 is 4.74 Å². The molecule has 1 rings (SSSR count). The highest BCUT2D eigenvalue weighted by Crippen LogP contribution is 2.28. The van der Waals surface area contributed by atoms with Crippen LogP contribution in [0.4, 0.5) is 0 Å². The average Bonchev–Trinajstić information content (AvgIpc) is 2.30. The van der Waals surface area contributed by atoms with Crippen LogP contribution >= 0.6 is 45.2 Å². The predicted octanol–water partition coefficient (Wildman–Crippen LogP) is 4.55. The number of carbonyl (C=O) groups is 1. The first-order valence-corrected chi connectivity index (χ1v) is 8.07. The van der Waals surface area contributed by atoms with Gasteiger partial charge in [-0.15, -0.1) is 0 Å². The number of carboxylic acid groups (broad SMARTS) is 1. The number of aromatic carboxylic acids is 1. The lowest BCUT2D eigenvalue weighted by Gasteiger charge is -2.11. The van der Waals surface area contributed by atoms with Gasteiger partial charge >= 0.3 is 5.97 Å². The van der Waals surface area contributed by atoms with E-state index in [0.717, 1.165) is 20.0 Å². The van der Waals surface area contributed by atoms with Crippen molar-refractivity contribution in [3.05, 3.63) is 24.8 Å². The van der Waals surface area contributed by atoms with Gasteiger partial charge in [0.1, 0.15) is 11.3 Å². The van der Waals surface area contributed by atoms with Crippen molar-refractivity contribution in [1.29, 1.82) is 0 Å². The van der Waals surface area contributed by atoms with Crippen LogP contribution in [-0.2, 0) is 0 Å². The molecule has 0 saturated carbocycles. The van der Waals surface area contributed by atoms with Crippen molar-refractivity contribution in [2.45, 2.75) is 32.6 Å². The Morgan fingerprint density at radius 2 is 2.00 bits per heavy atom. The van der Waals surface area contributed by atoms with Crippen molar-refractivity contribution in [1.82, 2.24) is 0 Å². The molecule has 0 spiro atoms. The number of benzene rings is 1. The molecule has 0 saturated heterocycles. The second kappa shape index (κ2) is 8.19. The van der Waals surface area contributed by atoms with Crippen LogP contribution in [-0.4, -0.2) is 17.7 Å². The highest BCUT2D eigenvalue weighted by molar-refractivity contribution is 14.1. The Labute approximate surface area is 135 Å². The first kappa shape index (κ1) is 16.0. The molecule has 0 radical (unpaired) electrons. The van der Waals surface area contributed by atoms with Crippen molar-refractivity contribution < 1.29 is 14.6 Å². The number of unbranched alkanes of at least 4 members (excludes halogenated alkanes) is 3. The number of ether oxygens (including phenoxy) is 1. The number of hydrogen-bond acceptors (Lipinski definition) is 2. The Bertz CT molecular complexity index is 419. The fourth-order valence-corrected chi connectivity index (χ4v) is 3.57. The smallest absolute Gasteiger partial charge is 0.339 e. The van der Waals surface area contributed by atoms with E-state index in [-0.39, 0.29) is 5.56 Å². The molecule has 0 aliphatic carbocycles. The van der Waals surface area contributed by atoms with E-state index in [1.54, 1.807) is 6.07 Å². The Morgan fingerprint density at radius 3 is 2.61 bits per heavy atom. The van der Waals surface area contributed by atoms with E-state index in [0.29, 0.717) is 12.4 Å². The van der Waals surface area contributed by atoms with Gasteiger partial charge in [0.05, 0.1) is 10.2 Å². The lowest BCUT2D eigenvalue weighted by molar-refractivity contribution is 0.0692. The molecule has 18 heavy (non-hydrogen) atoms. The van der Waals surface area contributed by atoms with Crippen molar-refractivity contribution in [2.24, 2.45) is 0 Å². The quantitative estimate of drug-likeness (QED) is 0.466. The second-order valence-corrected chi connectivity index (χ2v) is 6.39. The van der Waals surface area contributed by atoms with Crippen LogP contribution in [0.15, 0.2) is 12.1 Å². The SMILES string of the molecule is CCCCCCOc1c(I)cc(I)cc1C(=O)O. The molecule has 100 valence electrons. The zero-order valence-corrected chi connectivity index (χ0v) is 14.5. The molecule has 5 heteroatoms. The standard InChI is InChI=1S/C13H16I2O3/c1-2-3-4-5-6-18-12-10(13(16)17)7-9(14)8-11(12)15/h7-8H,2-6H2,1H3,(H,16,17). The Balaban J connectivity index is 2.71. The summed E-state index contributed by atoms with van der Waals surface area (Å²) in [7, 11) is 0. The Morgan fingerprint density at radius 1 is 1.28 bits per heavy atom. The molecule has 1 aromatic rings. The fraction of sp³-hybridized carbons (Fsp3) is 0.462. The number of hydrogen-bond donors (Lipinski definition) is 1. The molecular weight excluding hydrogens is 458 g/mol. The van der Waals surface area contributed by atoms with Crippen LogP contribution in [0.3, 0.4) is 0 Å². The summed E-state index contributed by atoms with van der Waals surface area (Å²) in [6.07, 6.45) is 4.47. The van der Waals surface area contributed by atoms with Gasteiger partial charge in [0, 0.05) is 3.57 Å². The fourth-order valence-electron chi connectivity index (χ4n) is 1.57.